The van der Waals surface area contributed by atoms with Crippen molar-refractivity contribution >= 4 is 49.0 Å². The first kappa shape index (κ1) is 22.4. The minimum absolute atomic E-state index is 0.0113. The Kier molecular flexibility index (Phi) is 7.54. The molecule has 0 saturated carbocycles. The molecule has 1 saturated heterocycles. The molecule has 0 spiro atoms. The van der Waals surface area contributed by atoms with Gasteiger partial charge in [0, 0.05) is 19.0 Å². The summed E-state index contributed by atoms with van der Waals surface area (Å²) in [6, 6.07) is 3.33. The standard InChI is InChI=1S/C16H21Cl2NO6S2/c17-14-6-5-13(10-15(14)18)27(24,25)19(8-3-1-2-4-16(20)21)12-7-9-26(22,23)11-12/h5-6,10,12H,1-4,7-9,11H2,(H,20,21)/t12-/m1/s1. The van der Waals surface area contributed by atoms with Gasteiger partial charge in [-0.15, -0.1) is 0 Å². The molecule has 1 aromatic rings. The minimum Gasteiger partial charge on any atom is -0.481 e. The van der Waals surface area contributed by atoms with E-state index in [1.165, 1.54) is 22.5 Å². The molecule has 1 N–H and O–H groups in total. The summed E-state index contributed by atoms with van der Waals surface area (Å²) in [7, 11) is -7.24. The number of sulfonamides is 1. The largest absolute Gasteiger partial charge is 0.481 e. The number of carboxylic acid groups (broad SMARTS) is 1. The van der Waals surface area contributed by atoms with Crippen LogP contribution in [0.15, 0.2) is 23.1 Å². The molecule has 0 aromatic heterocycles. The molecule has 0 aliphatic carbocycles. The molecule has 27 heavy (non-hydrogen) atoms. The molecule has 7 nitrogen and oxygen atoms in total. The third-order valence-corrected chi connectivity index (χ3v) is 8.82. The zero-order valence-electron chi connectivity index (χ0n) is 14.5. The monoisotopic (exact) mass is 457 g/mol. The van der Waals surface area contributed by atoms with Crippen LogP contribution in [0.1, 0.15) is 32.1 Å². The van der Waals surface area contributed by atoms with Gasteiger partial charge in [-0.2, -0.15) is 4.31 Å². The summed E-state index contributed by atoms with van der Waals surface area (Å²) in [6.45, 7) is 0.113. The minimum atomic E-state index is -3.97. The smallest absolute Gasteiger partial charge is 0.303 e. The van der Waals surface area contributed by atoms with Gasteiger partial charge >= 0.3 is 5.97 Å². The first-order chi connectivity index (χ1) is 12.5. The predicted molar refractivity (Wildman–Crippen MR) is 104 cm³/mol. The summed E-state index contributed by atoms with van der Waals surface area (Å²) in [5.74, 6) is -1.18. The van der Waals surface area contributed by atoms with Crippen LogP contribution in [-0.4, -0.2) is 56.3 Å². The summed E-state index contributed by atoms with van der Waals surface area (Å²) in [6.07, 6.45) is 1.64. The van der Waals surface area contributed by atoms with E-state index in [-0.39, 0.29) is 45.8 Å². The number of halogens is 2. The molecule has 1 heterocycles. The maximum Gasteiger partial charge on any atom is 0.303 e. The SMILES string of the molecule is O=C(O)CCCCCN([C@@H]1CCS(=O)(=O)C1)S(=O)(=O)c1ccc(Cl)c(Cl)c1. The van der Waals surface area contributed by atoms with Crippen molar-refractivity contribution in [3.63, 3.8) is 0 Å². The van der Waals surface area contributed by atoms with Gasteiger partial charge in [0.25, 0.3) is 0 Å². The molecule has 1 atom stereocenters. The van der Waals surface area contributed by atoms with Crippen molar-refractivity contribution in [1.82, 2.24) is 4.31 Å². The van der Waals surface area contributed by atoms with Crippen LogP contribution in [0.2, 0.25) is 10.0 Å². The van der Waals surface area contributed by atoms with Crippen molar-refractivity contribution < 1.29 is 26.7 Å². The lowest BCUT2D eigenvalue weighted by atomic mass is 10.2. The second kappa shape index (κ2) is 9.09. The molecule has 1 fully saturated rings. The molecular formula is C16H21Cl2NO6S2. The molecule has 152 valence electrons. The van der Waals surface area contributed by atoms with Crippen molar-refractivity contribution in [2.75, 3.05) is 18.1 Å². The van der Waals surface area contributed by atoms with Crippen molar-refractivity contribution in [2.24, 2.45) is 0 Å². The second-order valence-corrected chi connectivity index (χ2v) is 11.4. The van der Waals surface area contributed by atoms with Crippen molar-refractivity contribution in [3.8, 4) is 0 Å². The van der Waals surface area contributed by atoms with E-state index in [9.17, 15) is 21.6 Å². The van der Waals surface area contributed by atoms with E-state index < -0.39 is 31.9 Å². The van der Waals surface area contributed by atoms with Gasteiger partial charge in [-0.25, -0.2) is 16.8 Å². The topological polar surface area (TPSA) is 109 Å². The number of carboxylic acids is 1. The summed E-state index contributed by atoms with van der Waals surface area (Å²) in [5.41, 5.74) is 0. The molecule has 1 aromatic carbocycles. The number of benzene rings is 1. The number of rotatable bonds is 9. The number of unbranched alkanes of at least 4 members (excludes halogenated alkanes) is 2. The van der Waals surface area contributed by atoms with E-state index in [0.29, 0.717) is 19.3 Å². The van der Waals surface area contributed by atoms with Crippen LogP contribution >= 0.6 is 23.2 Å². The molecule has 0 unspecified atom stereocenters. The van der Waals surface area contributed by atoms with E-state index in [0.717, 1.165) is 0 Å². The van der Waals surface area contributed by atoms with Gasteiger partial charge in [0.05, 0.1) is 26.4 Å². The van der Waals surface area contributed by atoms with Crippen LogP contribution in [0, 0.1) is 0 Å². The van der Waals surface area contributed by atoms with Gasteiger partial charge < -0.3 is 5.11 Å². The lowest BCUT2D eigenvalue weighted by molar-refractivity contribution is -0.137. The Bertz CT molecular complexity index is 901. The fourth-order valence-corrected chi connectivity index (χ4v) is 6.90. The first-order valence-electron chi connectivity index (χ1n) is 8.42. The highest BCUT2D eigenvalue weighted by molar-refractivity contribution is 7.92. The second-order valence-electron chi connectivity index (χ2n) is 6.45. The van der Waals surface area contributed by atoms with E-state index >= 15 is 0 Å². The Morgan fingerprint density at radius 3 is 2.44 bits per heavy atom. The highest BCUT2D eigenvalue weighted by Gasteiger charge is 2.38. The lowest BCUT2D eigenvalue weighted by Crippen LogP contribution is -2.41. The van der Waals surface area contributed by atoms with Crippen LogP contribution < -0.4 is 0 Å². The molecule has 0 radical (unpaired) electrons. The van der Waals surface area contributed by atoms with E-state index in [1.54, 1.807) is 0 Å². The third kappa shape index (κ3) is 6.05. The molecule has 1 aliphatic heterocycles. The lowest BCUT2D eigenvalue weighted by Gasteiger charge is -2.27. The Hall–Kier alpha value is -0.870. The fourth-order valence-electron chi connectivity index (χ4n) is 2.99. The number of carbonyl (C=O) groups is 1. The number of hydrogen-bond donors (Lipinski definition) is 1. The maximum absolute atomic E-state index is 13.1. The zero-order valence-corrected chi connectivity index (χ0v) is 17.6. The van der Waals surface area contributed by atoms with Crippen molar-refractivity contribution in [1.29, 1.82) is 0 Å². The highest BCUT2D eigenvalue weighted by Crippen LogP contribution is 2.30. The van der Waals surface area contributed by atoms with Gasteiger partial charge in [-0.3, -0.25) is 4.79 Å². The molecule has 0 bridgehead atoms. The van der Waals surface area contributed by atoms with Gasteiger partial charge in [-0.05, 0) is 37.5 Å². The maximum atomic E-state index is 13.1. The summed E-state index contributed by atoms with van der Waals surface area (Å²) in [5, 5.41) is 9.00. The molecule has 1 aliphatic rings. The van der Waals surface area contributed by atoms with Gasteiger partial charge in [0.15, 0.2) is 9.84 Å². The van der Waals surface area contributed by atoms with Crippen LogP contribution in [0.5, 0.6) is 0 Å². The highest BCUT2D eigenvalue weighted by atomic mass is 35.5. The normalized spacial score (nSPS) is 19.4. The van der Waals surface area contributed by atoms with Gasteiger partial charge in [0.2, 0.25) is 10.0 Å². The number of nitrogens with zero attached hydrogens (tertiary/aromatic N) is 1. The molecule has 11 heteroatoms. The average Bonchev–Trinajstić information content (AvgIpc) is 2.92. The van der Waals surface area contributed by atoms with Crippen LogP contribution in [0.4, 0.5) is 0 Å². The van der Waals surface area contributed by atoms with E-state index in [4.69, 9.17) is 28.3 Å². The van der Waals surface area contributed by atoms with Gasteiger partial charge in [-0.1, -0.05) is 29.6 Å². The average molecular weight is 458 g/mol. The Labute approximate surface area is 169 Å². The summed E-state index contributed by atoms with van der Waals surface area (Å²) < 4.78 is 51.1. The summed E-state index contributed by atoms with van der Waals surface area (Å²) >= 11 is 11.8. The fraction of sp³-hybridized carbons (Fsp3) is 0.562. The van der Waals surface area contributed by atoms with Gasteiger partial charge in [0.1, 0.15) is 0 Å². The molecular weight excluding hydrogens is 437 g/mol. The molecule has 2 rings (SSSR count). The van der Waals surface area contributed by atoms with Crippen molar-refractivity contribution in [2.45, 2.75) is 43.0 Å². The Morgan fingerprint density at radius 2 is 1.89 bits per heavy atom. The van der Waals surface area contributed by atoms with Crippen LogP contribution in [-0.2, 0) is 24.7 Å². The number of sulfone groups is 1. The molecule has 0 amide bonds. The van der Waals surface area contributed by atoms with E-state index in [2.05, 4.69) is 0 Å². The first-order valence-corrected chi connectivity index (χ1v) is 12.4. The van der Waals surface area contributed by atoms with Crippen LogP contribution in [0.25, 0.3) is 0 Å². The quantitative estimate of drug-likeness (QED) is 0.570. The number of aliphatic carboxylic acids is 1. The predicted octanol–water partition coefficient (Wildman–Crippen LogP) is 2.82. The van der Waals surface area contributed by atoms with Crippen LogP contribution in [0.3, 0.4) is 0 Å². The summed E-state index contributed by atoms with van der Waals surface area (Å²) in [4.78, 5) is 10.5. The third-order valence-electron chi connectivity index (χ3n) is 4.38. The Balaban J connectivity index is 2.22. The Morgan fingerprint density at radius 1 is 1.19 bits per heavy atom. The van der Waals surface area contributed by atoms with E-state index in [1.807, 2.05) is 0 Å². The number of hydrogen-bond acceptors (Lipinski definition) is 5. The zero-order chi connectivity index (χ0) is 20.2. The van der Waals surface area contributed by atoms with Crippen molar-refractivity contribution in [3.05, 3.63) is 28.2 Å².